The summed E-state index contributed by atoms with van der Waals surface area (Å²) in [4.78, 5) is 24.1. The number of likely N-dealkylation sites (N-methyl/N-ethyl adjacent to an activating group) is 1. The van der Waals surface area contributed by atoms with Crippen LogP contribution in [0.15, 0.2) is 4.99 Å². The van der Waals surface area contributed by atoms with Crippen LogP contribution >= 0.6 is 0 Å². The molecule has 0 aromatic rings. The number of amidine groups is 1. The quantitative estimate of drug-likeness (QED) is 0.556. The van der Waals surface area contributed by atoms with E-state index in [9.17, 15) is 26.3 Å². The third-order valence-electron chi connectivity index (χ3n) is 1.87. The summed E-state index contributed by atoms with van der Waals surface area (Å²) >= 11 is 0. The van der Waals surface area contributed by atoms with E-state index < -0.39 is 24.3 Å². The van der Waals surface area contributed by atoms with Crippen LogP contribution in [0.1, 0.15) is 0 Å². The SMILES string of the molecule is CN(C)C1=NCCNC1.O=C(O)C(F)(F)F.O=C(O)C(F)(F)F. The van der Waals surface area contributed by atoms with E-state index in [2.05, 4.69) is 10.3 Å². The van der Waals surface area contributed by atoms with Crippen molar-refractivity contribution in [3.05, 3.63) is 0 Å². The van der Waals surface area contributed by atoms with E-state index in [4.69, 9.17) is 19.8 Å². The Hall–Kier alpha value is -2.05. The zero-order valence-electron chi connectivity index (χ0n) is 12.0. The van der Waals surface area contributed by atoms with E-state index in [1.165, 1.54) is 0 Å². The van der Waals surface area contributed by atoms with Gasteiger partial charge >= 0.3 is 24.3 Å². The molecule has 0 saturated carbocycles. The van der Waals surface area contributed by atoms with Gasteiger partial charge in [-0.3, -0.25) is 4.99 Å². The average molecular weight is 355 g/mol. The van der Waals surface area contributed by atoms with Crippen LogP contribution in [0.25, 0.3) is 0 Å². The lowest BCUT2D eigenvalue weighted by Gasteiger charge is -2.19. The number of halogens is 6. The number of aliphatic carboxylic acids is 2. The van der Waals surface area contributed by atoms with Crippen LogP contribution in [0.2, 0.25) is 0 Å². The van der Waals surface area contributed by atoms with Gasteiger partial charge in [0.25, 0.3) is 0 Å². The third-order valence-corrected chi connectivity index (χ3v) is 1.87. The van der Waals surface area contributed by atoms with Gasteiger partial charge in [0.2, 0.25) is 0 Å². The number of nitrogens with one attached hydrogen (secondary N) is 1. The summed E-state index contributed by atoms with van der Waals surface area (Å²) in [5, 5.41) is 17.5. The maximum absolute atomic E-state index is 10.6. The van der Waals surface area contributed by atoms with E-state index in [0.717, 1.165) is 25.5 Å². The molecule has 23 heavy (non-hydrogen) atoms. The molecule has 1 aliphatic rings. The Morgan fingerprint density at radius 1 is 1.04 bits per heavy atom. The molecule has 1 rings (SSSR count). The van der Waals surface area contributed by atoms with Gasteiger partial charge < -0.3 is 20.4 Å². The first-order valence-electron chi connectivity index (χ1n) is 5.71. The Kier molecular flexibility index (Phi) is 9.96. The first-order chi connectivity index (χ1) is 10.2. The van der Waals surface area contributed by atoms with Crippen molar-refractivity contribution in [2.24, 2.45) is 4.99 Å². The summed E-state index contributed by atoms with van der Waals surface area (Å²) in [5.74, 6) is -4.36. The number of carboxylic acid groups (broad SMARTS) is 2. The lowest BCUT2D eigenvalue weighted by Crippen LogP contribution is -2.38. The number of carbonyl (C=O) groups is 2. The zero-order chi connectivity index (χ0) is 18.8. The van der Waals surface area contributed by atoms with Crippen molar-refractivity contribution in [3.63, 3.8) is 0 Å². The predicted octanol–water partition coefficient (Wildman–Crippen LogP) is 0.816. The largest absolute Gasteiger partial charge is 0.490 e. The smallest absolute Gasteiger partial charge is 0.475 e. The van der Waals surface area contributed by atoms with E-state index in [1.807, 2.05) is 19.0 Å². The number of rotatable bonds is 0. The summed E-state index contributed by atoms with van der Waals surface area (Å²) in [6.45, 7) is 2.87. The highest BCUT2D eigenvalue weighted by Crippen LogP contribution is 2.13. The summed E-state index contributed by atoms with van der Waals surface area (Å²) in [6, 6.07) is 0. The Balaban J connectivity index is 0. The number of aliphatic imine (C=N–C) groups is 1. The third kappa shape index (κ3) is 13.3. The van der Waals surface area contributed by atoms with E-state index >= 15 is 0 Å². The molecular weight excluding hydrogens is 340 g/mol. The molecule has 0 radical (unpaired) electrons. The molecule has 1 aliphatic heterocycles. The number of alkyl halides is 6. The van der Waals surface area contributed by atoms with Gasteiger partial charge in [0.1, 0.15) is 5.84 Å². The average Bonchev–Trinajstić information content (AvgIpc) is 2.38. The van der Waals surface area contributed by atoms with Gasteiger partial charge in [0.05, 0.1) is 13.1 Å². The van der Waals surface area contributed by atoms with Crippen LogP contribution in [-0.2, 0) is 9.59 Å². The number of hydrogen-bond donors (Lipinski definition) is 3. The monoisotopic (exact) mass is 355 g/mol. The van der Waals surface area contributed by atoms with Crippen molar-refractivity contribution in [2.45, 2.75) is 12.4 Å². The summed E-state index contributed by atoms with van der Waals surface area (Å²) < 4.78 is 63.5. The molecule has 0 aromatic carbocycles. The molecule has 0 unspecified atom stereocenters. The van der Waals surface area contributed by atoms with Gasteiger partial charge in [0, 0.05) is 20.6 Å². The molecule has 0 spiro atoms. The maximum Gasteiger partial charge on any atom is 0.490 e. The number of hydrogen-bond acceptors (Lipinski definition) is 5. The molecule has 7 nitrogen and oxygen atoms in total. The fraction of sp³-hybridized carbons (Fsp3) is 0.700. The second-order valence-corrected chi connectivity index (χ2v) is 3.97. The summed E-state index contributed by atoms with van der Waals surface area (Å²) in [7, 11) is 4.04. The molecule has 13 heteroatoms. The Morgan fingerprint density at radius 3 is 1.52 bits per heavy atom. The highest BCUT2D eigenvalue weighted by Gasteiger charge is 2.38. The molecule has 0 saturated heterocycles. The first kappa shape index (κ1) is 23.2. The van der Waals surface area contributed by atoms with Crippen molar-refractivity contribution in [1.29, 1.82) is 0 Å². The molecule has 0 aromatic heterocycles. The molecule has 136 valence electrons. The van der Waals surface area contributed by atoms with Gasteiger partial charge in [-0.05, 0) is 0 Å². The molecule has 1 heterocycles. The topological polar surface area (TPSA) is 102 Å². The summed E-state index contributed by atoms with van der Waals surface area (Å²) in [6.07, 6.45) is -10.2. The lowest BCUT2D eigenvalue weighted by atomic mass is 10.4. The minimum Gasteiger partial charge on any atom is -0.475 e. The minimum atomic E-state index is -5.08. The highest BCUT2D eigenvalue weighted by molar-refractivity contribution is 5.84. The van der Waals surface area contributed by atoms with Crippen LogP contribution < -0.4 is 5.32 Å². The Morgan fingerprint density at radius 2 is 1.39 bits per heavy atom. The van der Waals surface area contributed by atoms with Crippen molar-refractivity contribution in [1.82, 2.24) is 10.2 Å². The van der Waals surface area contributed by atoms with Gasteiger partial charge in [-0.25, -0.2) is 9.59 Å². The van der Waals surface area contributed by atoms with Crippen molar-refractivity contribution >= 4 is 17.8 Å². The predicted molar refractivity (Wildman–Crippen MR) is 66.2 cm³/mol. The van der Waals surface area contributed by atoms with E-state index in [-0.39, 0.29) is 0 Å². The lowest BCUT2D eigenvalue weighted by molar-refractivity contribution is -0.193. The van der Waals surface area contributed by atoms with Gasteiger partial charge in [-0.1, -0.05) is 0 Å². The van der Waals surface area contributed by atoms with Gasteiger partial charge in [0.15, 0.2) is 0 Å². The standard InChI is InChI=1S/C6H13N3.2C2HF3O2/c1-9(2)6-5-7-3-4-8-6;2*3-2(4,5)1(6)7/h7H,3-5H2,1-2H3;2*(H,6,7). The Bertz CT molecular complexity index is 396. The van der Waals surface area contributed by atoms with Crippen LogP contribution in [0.4, 0.5) is 26.3 Å². The van der Waals surface area contributed by atoms with Crippen molar-refractivity contribution in [2.75, 3.05) is 33.7 Å². The molecule has 0 aliphatic carbocycles. The Labute approximate surface area is 126 Å². The van der Waals surface area contributed by atoms with E-state index in [0.29, 0.717) is 0 Å². The number of nitrogens with zero attached hydrogens (tertiary/aromatic N) is 2. The van der Waals surface area contributed by atoms with E-state index in [1.54, 1.807) is 0 Å². The summed E-state index contributed by atoms with van der Waals surface area (Å²) in [5.41, 5.74) is 0. The fourth-order valence-electron chi connectivity index (χ4n) is 0.820. The van der Waals surface area contributed by atoms with Gasteiger partial charge in [-0.2, -0.15) is 26.3 Å². The van der Waals surface area contributed by atoms with Crippen LogP contribution in [-0.4, -0.2) is 79.0 Å². The second-order valence-electron chi connectivity index (χ2n) is 3.97. The normalized spacial score (nSPS) is 14.3. The minimum absolute atomic E-state index is 0.924. The van der Waals surface area contributed by atoms with Crippen molar-refractivity contribution < 1.29 is 46.1 Å². The van der Waals surface area contributed by atoms with Crippen molar-refractivity contribution in [3.8, 4) is 0 Å². The first-order valence-corrected chi connectivity index (χ1v) is 5.71. The van der Waals surface area contributed by atoms with Gasteiger partial charge in [-0.15, -0.1) is 0 Å². The highest BCUT2D eigenvalue weighted by atomic mass is 19.4. The van der Waals surface area contributed by atoms with Crippen LogP contribution in [0.3, 0.4) is 0 Å². The van der Waals surface area contributed by atoms with Crippen LogP contribution in [0, 0.1) is 0 Å². The zero-order valence-corrected chi connectivity index (χ0v) is 12.0. The molecule has 0 bridgehead atoms. The molecule has 3 N–H and O–H groups in total. The molecular formula is C10H15F6N3O4. The maximum atomic E-state index is 10.6. The molecule has 0 amide bonds. The second kappa shape index (κ2) is 9.86. The molecule has 0 atom stereocenters. The fourth-order valence-corrected chi connectivity index (χ4v) is 0.820. The molecule has 0 fully saturated rings. The van der Waals surface area contributed by atoms with Crippen LogP contribution in [0.5, 0.6) is 0 Å². The number of carboxylic acids is 2.